The molecule has 2 rings (SSSR count). The fraction of sp³-hybridized carbons (Fsp3) is 0.364. The molecule has 0 unspecified atom stereocenters. The minimum Gasteiger partial charge on any atom is -0.349 e. The van der Waals surface area contributed by atoms with E-state index in [0.29, 0.717) is 6.42 Å². The molecule has 0 amide bonds. The number of hydrogen-bond acceptors (Lipinski definition) is 3. The molecule has 1 heterocycles. The van der Waals surface area contributed by atoms with E-state index in [2.05, 4.69) is 4.98 Å². The largest absolute Gasteiger partial charge is 0.349 e. The van der Waals surface area contributed by atoms with E-state index >= 15 is 0 Å². The summed E-state index contributed by atoms with van der Waals surface area (Å²) >= 11 is 0. The van der Waals surface area contributed by atoms with Crippen LogP contribution >= 0.6 is 0 Å². The molecule has 0 N–H and O–H groups in total. The molecule has 14 heavy (non-hydrogen) atoms. The van der Waals surface area contributed by atoms with Crippen molar-refractivity contribution in [2.45, 2.75) is 12.2 Å². The van der Waals surface area contributed by atoms with Gasteiger partial charge in [-0.25, -0.2) is 0 Å². The lowest BCUT2D eigenvalue weighted by atomic mass is 9.95. The summed E-state index contributed by atoms with van der Waals surface area (Å²) in [4.78, 5) is 4.09. The third-order valence-electron chi connectivity index (χ3n) is 2.59. The second-order valence-corrected chi connectivity index (χ2v) is 3.30. The van der Waals surface area contributed by atoms with Gasteiger partial charge >= 0.3 is 0 Å². The van der Waals surface area contributed by atoms with Crippen LogP contribution in [0.5, 0.6) is 0 Å². The van der Waals surface area contributed by atoms with E-state index in [1.807, 2.05) is 24.4 Å². The molecule has 0 aromatic carbocycles. The number of pyridine rings is 1. The first-order valence-electron chi connectivity index (χ1n) is 4.52. The van der Waals surface area contributed by atoms with Crippen LogP contribution in [0.15, 0.2) is 24.5 Å². The Morgan fingerprint density at radius 2 is 2.14 bits per heavy atom. The van der Waals surface area contributed by atoms with Crippen LogP contribution in [0, 0.1) is 0 Å². The Morgan fingerprint density at radius 3 is 2.86 bits per heavy atom. The first kappa shape index (κ1) is 9.37. The number of hydrogen-bond donors (Lipinski definition) is 0. The van der Waals surface area contributed by atoms with Gasteiger partial charge in [-0.15, -0.1) is 0 Å². The van der Waals surface area contributed by atoms with E-state index in [1.165, 1.54) is 5.56 Å². The van der Waals surface area contributed by atoms with Crippen LogP contribution < -0.4 is 0 Å². The van der Waals surface area contributed by atoms with Crippen LogP contribution in [0.25, 0.3) is 6.08 Å². The van der Waals surface area contributed by atoms with Gasteiger partial charge in [-0.1, -0.05) is 6.08 Å². The molecule has 0 saturated heterocycles. The maximum Gasteiger partial charge on any atom is 0.191 e. The molecular weight excluding hydrogens is 178 g/mol. The highest BCUT2D eigenvalue weighted by molar-refractivity contribution is 5.57. The molecule has 0 aliphatic heterocycles. The number of methoxy groups -OCH3 is 2. The average molecular weight is 191 g/mol. The quantitative estimate of drug-likeness (QED) is 0.666. The van der Waals surface area contributed by atoms with E-state index in [4.69, 9.17) is 9.47 Å². The molecule has 0 radical (unpaired) electrons. The summed E-state index contributed by atoms with van der Waals surface area (Å²) in [5.41, 5.74) is 2.34. The molecule has 3 nitrogen and oxygen atoms in total. The smallest absolute Gasteiger partial charge is 0.191 e. The molecule has 74 valence electrons. The minimum atomic E-state index is -0.615. The zero-order valence-corrected chi connectivity index (χ0v) is 8.36. The number of aromatic nitrogens is 1. The van der Waals surface area contributed by atoms with E-state index in [0.717, 1.165) is 5.56 Å². The fourth-order valence-electron chi connectivity index (χ4n) is 1.65. The Balaban J connectivity index is 2.37. The second kappa shape index (κ2) is 3.52. The highest BCUT2D eigenvalue weighted by Crippen LogP contribution is 2.27. The molecule has 0 saturated carbocycles. The van der Waals surface area contributed by atoms with Gasteiger partial charge in [0.25, 0.3) is 0 Å². The van der Waals surface area contributed by atoms with E-state index < -0.39 is 5.79 Å². The van der Waals surface area contributed by atoms with E-state index in [9.17, 15) is 0 Å². The molecule has 0 bridgehead atoms. The zero-order valence-electron chi connectivity index (χ0n) is 8.36. The monoisotopic (exact) mass is 191 g/mol. The van der Waals surface area contributed by atoms with E-state index in [-0.39, 0.29) is 0 Å². The standard InChI is InChI=1S/C11H13NO2/c1-13-11(14-2)5-3-9-4-6-12-8-10(9)7-11/h3-6,8H,7H2,1-2H3. The van der Waals surface area contributed by atoms with Crippen LogP contribution in [-0.2, 0) is 15.9 Å². The van der Waals surface area contributed by atoms with Gasteiger partial charge in [0.05, 0.1) is 0 Å². The van der Waals surface area contributed by atoms with Crippen LogP contribution in [0.3, 0.4) is 0 Å². The molecular formula is C11H13NO2. The molecule has 1 aromatic heterocycles. The first-order valence-corrected chi connectivity index (χ1v) is 4.52. The predicted octanol–water partition coefficient (Wildman–Crippen LogP) is 1.64. The Bertz CT molecular complexity index is 356. The highest BCUT2D eigenvalue weighted by Gasteiger charge is 2.30. The van der Waals surface area contributed by atoms with Crippen LogP contribution in [0.1, 0.15) is 11.1 Å². The molecule has 0 fully saturated rings. The van der Waals surface area contributed by atoms with Crippen molar-refractivity contribution in [3.05, 3.63) is 35.7 Å². The van der Waals surface area contributed by atoms with Crippen molar-refractivity contribution in [1.29, 1.82) is 0 Å². The SMILES string of the molecule is COC1(OC)C=Cc2ccncc2C1. The first-order chi connectivity index (χ1) is 6.79. The third kappa shape index (κ3) is 1.45. The van der Waals surface area contributed by atoms with Crippen molar-refractivity contribution in [3.63, 3.8) is 0 Å². The van der Waals surface area contributed by atoms with Crippen molar-refractivity contribution in [2.24, 2.45) is 0 Å². The van der Waals surface area contributed by atoms with Crippen LogP contribution in [0.4, 0.5) is 0 Å². The lowest BCUT2D eigenvalue weighted by molar-refractivity contribution is -0.168. The topological polar surface area (TPSA) is 31.4 Å². The van der Waals surface area contributed by atoms with Gasteiger partial charge in [-0.05, 0) is 23.3 Å². The Labute approximate surface area is 83.4 Å². The molecule has 3 heteroatoms. The number of nitrogens with zero attached hydrogens (tertiary/aromatic N) is 1. The third-order valence-corrected chi connectivity index (χ3v) is 2.59. The van der Waals surface area contributed by atoms with Gasteiger partial charge in [0.2, 0.25) is 0 Å². The summed E-state index contributed by atoms with van der Waals surface area (Å²) in [6.45, 7) is 0. The normalized spacial score (nSPS) is 17.9. The number of fused-ring (bicyclic) bond motifs is 1. The van der Waals surface area contributed by atoms with Gasteiger partial charge in [0.1, 0.15) is 0 Å². The van der Waals surface area contributed by atoms with Gasteiger partial charge < -0.3 is 9.47 Å². The van der Waals surface area contributed by atoms with Crippen molar-refractivity contribution in [1.82, 2.24) is 4.98 Å². The maximum atomic E-state index is 5.35. The summed E-state index contributed by atoms with van der Waals surface area (Å²) in [5, 5.41) is 0. The number of rotatable bonds is 2. The maximum absolute atomic E-state index is 5.35. The van der Waals surface area contributed by atoms with Crippen LogP contribution in [-0.4, -0.2) is 25.0 Å². The number of ether oxygens (including phenoxy) is 2. The predicted molar refractivity (Wildman–Crippen MR) is 53.7 cm³/mol. The minimum absolute atomic E-state index is 0.615. The lowest BCUT2D eigenvalue weighted by Crippen LogP contribution is -2.35. The summed E-state index contributed by atoms with van der Waals surface area (Å²) in [7, 11) is 3.30. The fourth-order valence-corrected chi connectivity index (χ4v) is 1.65. The van der Waals surface area contributed by atoms with Crippen molar-refractivity contribution in [3.8, 4) is 0 Å². The van der Waals surface area contributed by atoms with Gasteiger partial charge in [0, 0.05) is 33.0 Å². The Morgan fingerprint density at radius 1 is 1.36 bits per heavy atom. The molecule has 1 aliphatic rings. The van der Waals surface area contributed by atoms with Gasteiger partial charge in [0.15, 0.2) is 5.79 Å². The Hall–Kier alpha value is -1.19. The summed E-state index contributed by atoms with van der Waals surface area (Å²) in [6.07, 6.45) is 8.30. The summed E-state index contributed by atoms with van der Waals surface area (Å²) < 4.78 is 10.7. The summed E-state index contributed by atoms with van der Waals surface area (Å²) in [5.74, 6) is -0.615. The van der Waals surface area contributed by atoms with Crippen molar-refractivity contribution < 1.29 is 9.47 Å². The van der Waals surface area contributed by atoms with Crippen molar-refractivity contribution in [2.75, 3.05) is 14.2 Å². The van der Waals surface area contributed by atoms with Gasteiger partial charge in [-0.2, -0.15) is 0 Å². The Kier molecular flexibility index (Phi) is 2.35. The molecule has 0 spiro atoms. The molecule has 1 aliphatic carbocycles. The average Bonchev–Trinajstić information content (AvgIpc) is 2.28. The van der Waals surface area contributed by atoms with Gasteiger partial charge in [-0.3, -0.25) is 4.98 Å². The highest BCUT2D eigenvalue weighted by atomic mass is 16.7. The zero-order chi connectivity index (χ0) is 10.0. The second-order valence-electron chi connectivity index (χ2n) is 3.30. The van der Waals surface area contributed by atoms with Crippen LogP contribution in [0.2, 0.25) is 0 Å². The molecule has 1 aromatic rings. The summed E-state index contributed by atoms with van der Waals surface area (Å²) in [6, 6.07) is 1.99. The van der Waals surface area contributed by atoms with E-state index in [1.54, 1.807) is 20.4 Å². The molecule has 0 atom stereocenters. The van der Waals surface area contributed by atoms with Crippen molar-refractivity contribution >= 4 is 6.08 Å². The lowest BCUT2D eigenvalue weighted by Gasteiger charge is -2.30.